The highest BCUT2D eigenvalue weighted by Gasteiger charge is 2.19. The maximum Gasteiger partial charge on any atom is 0.0489 e. The molecule has 1 N–H and O–H groups in total. The second-order valence-electron chi connectivity index (χ2n) is 5.48. The molecule has 0 saturated carbocycles. The first-order valence-corrected chi connectivity index (χ1v) is 8.50. The molecule has 2 aromatic carbocycles. The van der Waals surface area contributed by atoms with Crippen LogP contribution in [0, 0.1) is 6.92 Å². The van der Waals surface area contributed by atoms with Crippen molar-refractivity contribution >= 4 is 37.5 Å². The van der Waals surface area contributed by atoms with E-state index in [0.717, 1.165) is 17.3 Å². The van der Waals surface area contributed by atoms with Gasteiger partial charge in [-0.05, 0) is 83.1 Å². The molecule has 20 heavy (non-hydrogen) atoms. The van der Waals surface area contributed by atoms with Gasteiger partial charge in [0.15, 0.2) is 0 Å². The van der Waals surface area contributed by atoms with E-state index in [1.54, 1.807) is 0 Å². The fourth-order valence-electron chi connectivity index (χ4n) is 2.82. The van der Waals surface area contributed by atoms with Crippen LogP contribution in [-0.2, 0) is 12.8 Å². The van der Waals surface area contributed by atoms with Crippen LogP contribution in [0.1, 0.15) is 23.1 Å². The van der Waals surface area contributed by atoms with Gasteiger partial charge in [0, 0.05) is 20.7 Å². The molecular formula is C17H17Br2N. The molecule has 0 saturated heterocycles. The van der Waals surface area contributed by atoms with E-state index in [1.807, 2.05) is 0 Å². The number of rotatable bonds is 2. The monoisotopic (exact) mass is 393 g/mol. The Labute approximate surface area is 137 Å². The molecule has 104 valence electrons. The Balaban J connectivity index is 1.77. The van der Waals surface area contributed by atoms with Gasteiger partial charge >= 0.3 is 0 Å². The summed E-state index contributed by atoms with van der Waals surface area (Å²) >= 11 is 7.18. The molecule has 0 heterocycles. The van der Waals surface area contributed by atoms with Crippen LogP contribution in [0.25, 0.3) is 0 Å². The summed E-state index contributed by atoms with van der Waals surface area (Å²) in [5.41, 5.74) is 5.45. The second-order valence-corrected chi connectivity index (χ2v) is 7.25. The molecule has 0 aliphatic heterocycles. The molecule has 3 heteroatoms. The third-order valence-corrected chi connectivity index (χ3v) is 5.06. The summed E-state index contributed by atoms with van der Waals surface area (Å²) in [6, 6.07) is 13.6. The van der Waals surface area contributed by atoms with Crippen molar-refractivity contribution in [2.45, 2.75) is 32.2 Å². The van der Waals surface area contributed by atoms with Crippen LogP contribution in [0.2, 0.25) is 0 Å². The van der Waals surface area contributed by atoms with Gasteiger partial charge in [-0.25, -0.2) is 0 Å². The molecule has 0 fully saturated rings. The van der Waals surface area contributed by atoms with E-state index in [2.05, 4.69) is 80.5 Å². The van der Waals surface area contributed by atoms with Crippen LogP contribution < -0.4 is 5.32 Å². The predicted molar refractivity (Wildman–Crippen MR) is 92.5 cm³/mol. The SMILES string of the molecule is Cc1ccc(Br)c(NC2CCc3cc(Br)ccc3C2)c1. The average Bonchev–Trinajstić information content (AvgIpc) is 2.43. The largest absolute Gasteiger partial charge is 0.381 e. The summed E-state index contributed by atoms with van der Waals surface area (Å²) in [4.78, 5) is 0. The number of benzene rings is 2. The average molecular weight is 395 g/mol. The number of hydrogen-bond donors (Lipinski definition) is 1. The van der Waals surface area contributed by atoms with Crippen LogP contribution in [0.15, 0.2) is 45.3 Å². The number of aryl methyl sites for hydroxylation is 2. The predicted octanol–water partition coefficient (Wildman–Crippen LogP) is 5.49. The molecule has 0 bridgehead atoms. The van der Waals surface area contributed by atoms with Crippen LogP contribution in [0.5, 0.6) is 0 Å². The summed E-state index contributed by atoms with van der Waals surface area (Å²) < 4.78 is 2.33. The number of hydrogen-bond acceptors (Lipinski definition) is 1. The Bertz CT molecular complexity index is 637. The lowest BCUT2D eigenvalue weighted by atomic mass is 9.88. The second kappa shape index (κ2) is 5.90. The van der Waals surface area contributed by atoms with Crippen molar-refractivity contribution < 1.29 is 0 Å². The molecule has 0 amide bonds. The van der Waals surface area contributed by atoms with E-state index in [9.17, 15) is 0 Å². The summed E-state index contributed by atoms with van der Waals surface area (Å²) in [5, 5.41) is 3.69. The van der Waals surface area contributed by atoms with E-state index in [4.69, 9.17) is 0 Å². The fraction of sp³-hybridized carbons (Fsp3) is 0.294. The zero-order valence-corrected chi connectivity index (χ0v) is 14.6. The summed E-state index contributed by atoms with van der Waals surface area (Å²) in [7, 11) is 0. The van der Waals surface area contributed by atoms with Gasteiger partial charge in [0.2, 0.25) is 0 Å². The van der Waals surface area contributed by atoms with Crippen LogP contribution in [0.4, 0.5) is 5.69 Å². The van der Waals surface area contributed by atoms with Crippen molar-refractivity contribution in [1.82, 2.24) is 0 Å². The minimum absolute atomic E-state index is 0.516. The smallest absolute Gasteiger partial charge is 0.0489 e. The first-order valence-electron chi connectivity index (χ1n) is 6.92. The van der Waals surface area contributed by atoms with Crippen molar-refractivity contribution in [3.05, 3.63) is 62.0 Å². The normalized spacial score (nSPS) is 17.6. The zero-order chi connectivity index (χ0) is 14.1. The molecule has 2 aromatic rings. The fourth-order valence-corrected chi connectivity index (χ4v) is 3.59. The summed E-state index contributed by atoms with van der Waals surface area (Å²) in [5.74, 6) is 0. The first kappa shape index (κ1) is 14.2. The van der Waals surface area contributed by atoms with E-state index in [0.29, 0.717) is 6.04 Å². The lowest BCUT2D eigenvalue weighted by Gasteiger charge is -2.27. The van der Waals surface area contributed by atoms with E-state index >= 15 is 0 Å². The molecule has 1 aliphatic rings. The van der Waals surface area contributed by atoms with Gasteiger partial charge in [0.25, 0.3) is 0 Å². The molecule has 0 spiro atoms. The lowest BCUT2D eigenvalue weighted by Crippen LogP contribution is -2.27. The van der Waals surface area contributed by atoms with E-state index < -0.39 is 0 Å². The van der Waals surface area contributed by atoms with Gasteiger partial charge in [-0.3, -0.25) is 0 Å². The summed E-state index contributed by atoms with van der Waals surface area (Å²) in [6.45, 7) is 2.13. The van der Waals surface area contributed by atoms with Crippen LogP contribution >= 0.6 is 31.9 Å². The van der Waals surface area contributed by atoms with Crippen molar-refractivity contribution in [1.29, 1.82) is 0 Å². The Morgan fingerprint density at radius 2 is 1.90 bits per heavy atom. The summed E-state index contributed by atoms with van der Waals surface area (Å²) in [6.07, 6.45) is 3.43. The number of nitrogens with one attached hydrogen (secondary N) is 1. The van der Waals surface area contributed by atoms with Gasteiger partial charge in [-0.15, -0.1) is 0 Å². The maximum absolute atomic E-state index is 3.69. The highest BCUT2D eigenvalue weighted by Crippen LogP contribution is 2.29. The third-order valence-electron chi connectivity index (χ3n) is 3.88. The van der Waals surface area contributed by atoms with Gasteiger partial charge < -0.3 is 5.32 Å². The first-order chi connectivity index (χ1) is 9.61. The minimum Gasteiger partial charge on any atom is -0.381 e. The third kappa shape index (κ3) is 3.09. The highest BCUT2D eigenvalue weighted by molar-refractivity contribution is 9.10. The van der Waals surface area contributed by atoms with Crippen LogP contribution in [-0.4, -0.2) is 6.04 Å². The number of halogens is 2. The van der Waals surface area contributed by atoms with Gasteiger partial charge in [0.05, 0.1) is 0 Å². The van der Waals surface area contributed by atoms with Crippen molar-refractivity contribution in [3.63, 3.8) is 0 Å². The quantitative estimate of drug-likeness (QED) is 0.709. The maximum atomic E-state index is 3.69. The Kier molecular flexibility index (Phi) is 4.18. The van der Waals surface area contributed by atoms with E-state index in [-0.39, 0.29) is 0 Å². The number of anilines is 1. The standard InChI is InChI=1S/C17H17Br2N/c1-11-2-7-16(19)17(8-11)20-15-6-4-12-9-14(18)5-3-13(12)10-15/h2-3,5,7-9,15,20H,4,6,10H2,1H3. The molecule has 1 aliphatic carbocycles. The molecule has 1 atom stereocenters. The van der Waals surface area contributed by atoms with Crippen LogP contribution in [0.3, 0.4) is 0 Å². The molecule has 3 rings (SSSR count). The van der Waals surface area contributed by atoms with Gasteiger partial charge in [-0.2, -0.15) is 0 Å². The van der Waals surface area contributed by atoms with Crippen molar-refractivity contribution in [2.24, 2.45) is 0 Å². The Morgan fingerprint density at radius 3 is 2.75 bits per heavy atom. The Morgan fingerprint density at radius 1 is 1.05 bits per heavy atom. The molecule has 1 nitrogen and oxygen atoms in total. The highest BCUT2D eigenvalue weighted by atomic mass is 79.9. The van der Waals surface area contributed by atoms with E-state index in [1.165, 1.54) is 33.3 Å². The van der Waals surface area contributed by atoms with Crippen molar-refractivity contribution in [3.8, 4) is 0 Å². The van der Waals surface area contributed by atoms with Gasteiger partial charge in [-0.1, -0.05) is 28.1 Å². The molecule has 0 radical (unpaired) electrons. The lowest BCUT2D eigenvalue weighted by molar-refractivity contribution is 0.610. The Hall–Kier alpha value is -0.800. The molecule has 1 unspecified atom stereocenters. The molecular weight excluding hydrogens is 378 g/mol. The minimum atomic E-state index is 0.516. The van der Waals surface area contributed by atoms with Crippen molar-refractivity contribution in [2.75, 3.05) is 5.32 Å². The molecule has 0 aromatic heterocycles. The van der Waals surface area contributed by atoms with Gasteiger partial charge in [0.1, 0.15) is 0 Å². The zero-order valence-electron chi connectivity index (χ0n) is 11.4. The topological polar surface area (TPSA) is 12.0 Å². The number of fused-ring (bicyclic) bond motifs is 1.